The van der Waals surface area contributed by atoms with Crippen molar-refractivity contribution in [2.24, 2.45) is 0 Å². The van der Waals surface area contributed by atoms with Crippen LogP contribution in [0.3, 0.4) is 0 Å². The summed E-state index contributed by atoms with van der Waals surface area (Å²) in [5.41, 5.74) is 7.77. The van der Waals surface area contributed by atoms with Gasteiger partial charge >= 0.3 is 0 Å². The van der Waals surface area contributed by atoms with Crippen LogP contribution in [0.2, 0.25) is 0 Å². The molecule has 0 atom stereocenters. The number of nitrogen functional groups attached to an aromatic ring is 1. The van der Waals surface area contributed by atoms with E-state index in [-0.39, 0.29) is 12.3 Å². The van der Waals surface area contributed by atoms with Crippen LogP contribution < -0.4 is 15.8 Å². The first kappa shape index (κ1) is 12.9. The van der Waals surface area contributed by atoms with E-state index in [4.69, 9.17) is 10.5 Å². The van der Waals surface area contributed by atoms with Crippen LogP contribution in [-0.4, -0.2) is 18.0 Å². The van der Waals surface area contributed by atoms with Crippen molar-refractivity contribution in [1.82, 2.24) is 4.98 Å². The van der Waals surface area contributed by atoms with Gasteiger partial charge in [-0.15, -0.1) is 0 Å². The number of pyridine rings is 1. The maximum Gasteiger partial charge on any atom is 0.228 e. The lowest BCUT2D eigenvalue weighted by molar-refractivity contribution is -0.115. The Morgan fingerprint density at radius 1 is 1.42 bits per heavy atom. The Bertz CT molecular complexity index is 570. The average Bonchev–Trinajstić information content (AvgIpc) is 2.40. The highest BCUT2D eigenvalue weighted by Gasteiger charge is 2.06. The molecule has 0 saturated heterocycles. The number of hydrogen-bond donors (Lipinski definition) is 2. The standard InChI is InChI=1S/C14H15N3O2/c1-19-13-5-4-11(8-12(13)15)17-14(18)7-10-3-2-6-16-9-10/h2-6,8-9H,7,15H2,1H3,(H,17,18). The van der Waals surface area contributed by atoms with Crippen LogP contribution in [0.25, 0.3) is 0 Å². The smallest absolute Gasteiger partial charge is 0.228 e. The summed E-state index contributed by atoms with van der Waals surface area (Å²) in [6.07, 6.45) is 3.62. The molecule has 0 spiro atoms. The van der Waals surface area contributed by atoms with Gasteiger partial charge in [0.1, 0.15) is 5.75 Å². The zero-order chi connectivity index (χ0) is 13.7. The first-order valence-corrected chi connectivity index (χ1v) is 5.81. The lowest BCUT2D eigenvalue weighted by Crippen LogP contribution is -2.14. The molecule has 0 aliphatic heterocycles. The lowest BCUT2D eigenvalue weighted by atomic mass is 10.2. The van der Waals surface area contributed by atoms with E-state index in [1.165, 1.54) is 0 Å². The maximum atomic E-state index is 11.8. The molecule has 5 heteroatoms. The Labute approximate surface area is 111 Å². The number of amides is 1. The number of nitrogens with zero attached hydrogens (tertiary/aromatic N) is 1. The van der Waals surface area contributed by atoms with Crippen molar-refractivity contribution < 1.29 is 9.53 Å². The number of benzene rings is 1. The minimum Gasteiger partial charge on any atom is -0.495 e. The number of methoxy groups -OCH3 is 1. The van der Waals surface area contributed by atoms with E-state index >= 15 is 0 Å². The van der Waals surface area contributed by atoms with Gasteiger partial charge in [0.05, 0.1) is 19.2 Å². The van der Waals surface area contributed by atoms with Gasteiger partial charge in [-0.3, -0.25) is 9.78 Å². The highest BCUT2D eigenvalue weighted by Crippen LogP contribution is 2.24. The molecule has 0 aliphatic carbocycles. The van der Waals surface area contributed by atoms with E-state index in [1.807, 2.05) is 6.07 Å². The van der Waals surface area contributed by atoms with Crippen molar-refractivity contribution in [3.63, 3.8) is 0 Å². The molecule has 1 heterocycles. The number of rotatable bonds is 4. The summed E-state index contributed by atoms with van der Waals surface area (Å²) >= 11 is 0. The van der Waals surface area contributed by atoms with E-state index in [1.54, 1.807) is 43.8 Å². The van der Waals surface area contributed by atoms with Gasteiger partial charge in [-0.05, 0) is 29.8 Å². The predicted octanol–water partition coefficient (Wildman–Crippen LogP) is 1.85. The highest BCUT2D eigenvalue weighted by molar-refractivity contribution is 5.92. The first-order chi connectivity index (χ1) is 9.19. The minimum absolute atomic E-state index is 0.113. The summed E-state index contributed by atoms with van der Waals surface area (Å²) in [4.78, 5) is 15.8. The van der Waals surface area contributed by atoms with E-state index < -0.39 is 0 Å². The van der Waals surface area contributed by atoms with Gasteiger partial charge in [0, 0.05) is 18.1 Å². The van der Waals surface area contributed by atoms with Crippen LogP contribution in [0.1, 0.15) is 5.56 Å². The number of anilines is 2. The number of carbonyl (C=O) groups excluding carboxylic acids is 1. The lowest BCUT2D eigenvalue weighted by Gasteiger charge is -2.08. The topological polar surface area (TPSA) is 77.2 Å². The number of carbonyl (C=O) groups is 1. The summed E-state index contributed by atoms with van der Waals surface area (Å²) in [6, 6.07) is 8.79. The van der Waals surface area contributed by atoms with Crippen LogP contribution in [0.4, 0.5) is 11.4 Å². The molecule has 19 heavy (non-hydrogen) atoms. The Hall–Kier alpha value is -2.56. The molecule has 0 aliphatic rings. The quantitative estimate of drug-likeness (QED) is 0.819. The average molecular weight is 257 g/mol. The number of ether oxygens (including phenoxy) is 1. The molecule has 0 bridgehead atoms. The minimum atomic E-state index is -0.113. The predicted molar refractivity (Wildman–Crippen MR) is 74.0 cm³/mol. The summed E-state index contributed by atoms with van der Waals surface area (Å²) in [6.45, 7) is 0. The van der Waals surface area contributed by atoms with E-state index in [2.05, 4.69) is 10.3 Å². The summed E-state index contributed by atoms with van der Waals surface area (Å²) < 4.78 is 5.05. The number of nitrogens with two attached hydrogens (primary N) is 1. The number of hydrogen-bond acceptors (Lipinski definition) is 4. The molecule has 98 valence electrons. The summed E-state index contributed by atoms with van der Waals surface area (Å²) in [5.74, 6) is 0.475. The van der Waals surface area contributed by atoms with E-state index in [0.29, 0.717) is 17.1 Å². The Balaban J connectivity index is 2.01. The number of aromatic nitrogens is 1. The van der Waals surface area contributed by atoms with E-state index in [0.717, 1.165) is 5.56 Å². The molecule has 1 aromatic heterocycles. The van der Waals surface area contributed by atoms with Gasteiger partial charge in [-0.25, -0.2) is 0 Å². The van der Waals surface area contributed by atoms with Crippen LogP contribution in [0.5, 0.6) is 5.75 Å². The van der Waals surface area contributed by atoms with Crippen molar-refractivity contribution in [2.75, 3.05) is 18.2 Å². The van der Waals surface area contributed by atoms with Gasteiger partial charge in [0.2, 0.25) is 5.91 Å². The van der Waals surface area contributed by atoms with Crippen LogP contribution in [0, 0.1) is 0 Å². The Morgan fingerprint density at radius 2 is 2.26 bits per heavy atom. The maximum absolute atomic E-state index is 11.8. The molecule has 0 fully saturated rings. The van der Waals surface area contributed by atoms with Crippen LogP contribution in [-0.2, 0) is 11.2 Å². The van der Waals surface area contributed by atoms with Crippen molar-refractivity contribution in [3.05, 3.63) is 48.3 Å². The molecule has 0 radical (unpaired) electrons. The van der Waals surface area contributed by atoms with E-state index in [9.17, 15) is 4.79 Å². The van der Waals surface area contributed by atoms with Crippen molar-refractivity contribution in [3.8, 4) is 5.75 Å². The van der Waals surface area contributed by atoms with Crippen molar-refractivity contribution in [1.29, 1.82) is 0 Å². The normalized spacial score (nSPS) is 9.95. The molecular weight excluding hydrogens is 242 g/mol. The molecular formula is C14H15N3O2. The van der Waals surface area contributed by atoms with Crippen LogP contribution >= 0.6 is 0 Å². The third-order valence-corrected chi connectivity index (χ3v) is 2.60. The second-order valence-electron chi connectivity index (χ2n) is 4.04. The third kappa shape index (κ3) is 3.45. The largest absolute Gasteiger partial charge is 0.495 e. The van der Waals surface area contributed by atoms with Gasteiger partial charge in [0.25, 0.3) is 0 Å². The zero-order valence-electron chi connectivity index (χ0n) is 10.6. The summed E-state index contributed by atoms with van der Waals surface area (Å²) in [7, 11) is 1.55. The molecule has 2 aromatic rings. The van der Waals surface area contributed by atoms with Crippen molar-refractivity contribution in [2.45, 2.75) is 6.42 Å². The fraction of sp³-hybridized carbons (Fsp3) is 0.143. The Morgan fingerprint density at radius 3 is 2.89 bits per heavy atom. The SMILES string of the molecule is COc1ccc(NC(=O)Cc2cccnc2)cc1N. The van der Waals surface area contributed by atoms with Gasteiger partial charge in [0.15, 0.2) is 0 Å². The molecule has 0 saturated carbocycles. The Kier molecular flexibility index (Phi) is 3.97. The number of nitrogens with one attached hydrogen (secondary N) is 1. The molecule has 5 nitrogen and oxygen atoms in total. The highest BCUT2D eigenvalue weighted by atomic mass is 16.5. The molecule has 1 aromatic carbocycles. The van der Waals surface area contributed by atoms with Crippen molar-refractivity contribution >= 4 is 17.3 Å². The molecule has 0 unspecified atom stereocenters. The summed E-state index contributed by atoms with van der Waals surface area (Å²) in [5, 5.41) is 2.78. The van der Waals surface area contributed by atoms with Gasteiger partial charge in [-0.1, -0.05) is 6.07 Å². The molecule has 1 amide bonds. The third-order valence-electron chi connectivity index (χ3n) is 2.60. The van der Waals surface area contributed by atoms with Gasteiger partial charge in [-0.2, -0.15) is 0 Å². The zero-order valence-corrected chi connectivity index (χ0v) is 10.6. The fourth-order valence-corrected chi connectivity index (χ4v) is 1.71. The fourth-order valence-electron chi connectivity index (χ4n) is 1.71. The van der Waals surface area contributed by atoms with Gasteiger partial charge < -0.3 is 15.8 Å². The first-order valence-electron chi connectivity index (χ1n) is 5.81. The second kappa shape index (κ2) is 5.86. The molecule has 3 N–H and O–H groups in total. The van der Waals surface area contributed by atoms with Crippen LogP contribution in [0.15, 0.2) is 42.7 Å². The monoisotopic (exact) mass is 257 g/mol. The second-order valence-corrected chi connectivity index (χ2v) is 4.04. The molecule has 2 rings (SSSR count).